The van der Waals surface area contributed by atoms with Crippen molar-refractivity contribution in [3.05, 3.63) is 88.9 Å². The first-order valence-corrected chi connectivity index (χ1v) is 11.7. The lowest BCUT2D eigenvalue weighted by Gasteiger charge is -2.16. The smallest absolute Gasteiger partial charge is 0.283 e. The second-order valence-electron chi connectivity index (χ2n) is 7.73. The molecule has 10 heteroatoms. The number of ether oxygens (including phenoxy) is 1. The van der Waals surface area contributed by atoms with Gasteiger partial charge in [0.15, 0.2) is 5.03 Å². The highest BCUT2D eigenvalue weighted by atomic mass is 32.2. The molecule has 0 bridgehead atoms. The zero-order chi connectivity index (χ0) is 24.5. The molecule has 0 aliphatic carbocycles. The lowest BCUT2D eigenvalue weighted by atomic mass is 10.1. The Morgan fingerprint density at radius 1 is 1.00 bits per heavy atom. The average Bonchev–Trinajstić information content (AvgIpc) is 3.32. The van der Waals surface area contributed by atoms with Crippen molar-refractivity contribution in [2.45, 2.75) is 25.8 Å². The third-order valence-electron chi connectivity index (χ3n) is 5.03. The van der Waals surface area contributed by atoms with E-state index in [0.717, 1.165) is 16.7 Å². The maximum Gasteiger partial charge on any atom is 0.283 e. The molecule has 0 fully saturated rings. The lowest BCUT2D eigenvalue weighted by Crippen LogP contribution is -2.31. The van der Waals surface area contributed by atoms with Crippen LogP contribution in [-0.4, -0.2) is 29.5 Å². The van der Waals surface area contributed by atoms with Gasteiger partial charge >= 0.3 is 0 Å². The Morgan fingerprint density at radius 3 is 2.29 bits per heavy atom. The number of hydrogen-bond acceptors (Lipinski definition) is 6. The number of hydrogen-bond donors (Lipinski definition) is 2. The van der Waals surface area contributed by atoms with E-state index in [1.807, 2.05) is 37.6 Å². The fourth-order valence-electron chi connectivity index (χ4n) is 3.52. The fourth-order valence-corrected chi connectivity index (χ4v) is 4.40. The fraction of sp³-hybridized carbons (Fsp3) is 0.125. The van der Waals surface area contributed by atoms with Crippen molar-refractivity contribution in [3.63, 3.8) is 0 Å². The summed E-state index contributed by atoms with van der Waals surface area (Å²) in [7, 11) is -4.21. The van der Waals surface area contributed by atoms with Crippen molar-refractivity contribution in [2.75, 3.05) is 0 Å². The van der Waals surface area contributed by atoms with E-state index in [-0.39, 0.29) is 16.5 Å². The minimum Gasteiger partial charge on any atom is -0.438 e. The number of aromatic nitrogens is 3. The summed E-state index contributed by atoms with van der Waals surface area (Å²) in [6, 6.07) is 13.7. The van der Waals surface area contributed by atoms with Gasteiger partial charge in [-0.3, -0.25) is 9.89 Å². The molecule has 34 heavy (non-hydrogen) atoms. The molecular formula is C24H21FN4O4S. The van der Waals surface area contributed by atoms with Crippen molar-refractivity contribution >= 4 is 15.9 Å². The largest absolute Gasteiger partial charge is 0.438 e. The van der Waals surface area contributed by atoms with E-state index in [0.29, 0.717) is 17.0 Å². The maximum absolute atomic E-state index is 13.4. The van der Waals surface area contributed by atoms with Crippen LogP contribution in [0.25, 0.3) is 11.3 Å². The Hall–Kier alpha value is -4.05. The summed E-state index contributed by atoms with van der Waals surface area (Å²) in [6.07, 6.45) is 1.33. The van der Waals surface area contributed by atoms with Gasteiger partial charge < -0.3 is 4.74 Å². The van der Waals surface area contributed by atoms with Crippen molar-refractivity contribution in [2.24, 2.45) is 0 Å². The standard InChI is InChI=1S/C24H21FN4O4S/c1-14-12-15(2)22(16(3)13-14)33-24-19(23(30)29-34(31,32)21-10-11-26-28-21)8-9-20(27-24)17-4-6-18(25)7-5-17/h4-13H,1-3H3,(H,26,28)(H,29,30). The molecule has 2 aromatic heterocycles. The van der Waals surface area contributed by atoms with Crippen LogP contribution in [0.15, 0.2) is 65.8 Å². The van der Waals surface area contributed by atoms with Gasteiger partial charge in [0.05, 0.1) is 5.69 Å². The number of aromatic amines is 1. The topological polar surface area (TPSA) is 114 Å². The zero-order valence-corrected chi connectivity index (χ0v) is 19.4. The quantitative estimate of drug-likeness (QED) is 0.422. The number of amides is 1. The van der Waals surface area contributed by atoms with E-state index in [1.54, 1.807) is 12.1 Å². The molecule has 1 amide bonds. The van der Waals surface area contributed by atoms with Crippen LogP contribution < -0.4 is 9.46 Å². The molecule has 4 aromatic rings. The minimum absolute atomic E-state index is 0.0911. The highest BCUT2D eigenvalue weighted by molar-refractivity contribution is 7.90. The molecule has 4 rings (SSSR count). The molecule has 0 saturated heterocycles. The average molecular weight is 481 g/mol. The first-order chi connectivity index (χ1) is 16.1. The van der Waals surface area contributed by atoms with E-state index in [9.17, 15) is 17.6 Å². The molecular weight excluding hydrogens is 459 g/mol. The van der Waals surface area contributed by atoms with Crippen molar-refractivity contribution in [3.8, 4) is 22.9 Å². The molecule has 0 saturated carbocycles. The number of sulfonamides is 1. The third-order valence-corrected chi connectivity index (χ3v) is 6.26. The number of benzene rings is 2. The monoisotopic (exact) mass is 480 g/mol. The molecule has 0 spiro atoms. The highest BCUT2D eigenvalue weighted by Crippen LogP contribution is 2.32. The van der Waals surface area contributed by atoms with Crippen molar-refractivity contribution in [1.29, 1.82) is 0 Å². The predicted molar refractivity (Wildman–Crippen MR) is 124 cm³/mol. The first-order valence-electron chi connectivity index (χ1n) is 10.2. The normalized spacial score (nSPS) is 11.3. The number of nitrogens with one attached hydrogen (secondary N) is 2. The number of pyridine rings is 1. The van der Waals surface area contributed by atoms with Crippen LogP contribution in [0.2, 0.25) is 0 Å². The van der Waals surface area contributed by atoms with Gasteiger partial charge in [-0.2, -0.15) is 13.5 Å². The van der Waals surface area contributed by atoms with Gasteiger partial charge in [-0.25, -0.2) is 14.1 Å². The molecule has 174 valence electrons. The highest BCUT2D eigenvalue weighted by Gasteiger charge is 2.25. The van der Waals surface area contributed by atoms with Crippen LogP contribution in [0.3, 0.4) is 0 Å². The summed E-state index contributed by atoms with van der Waals surface area (Å²) in [5.41, 5.74) is 3.61. The van der Waals surface area contributed by atoms with E-state index in [2.05, 4.69) is 15.2 Å². The Kier molecular flexibility index (Phi) is 6.16. The molecule has 2 N–H and O–H groups in total. The van der Waals surface area contributed by atoms with E-state index >= 15 is 0 Å². The molecule has 2 aromatic carbocycles. The Balaban J connectivity index is 1.78. The zero-order valence-electron chi connectivity index (χ0n) is 18.6. The molecule has 0 unspecified atom stereocenters. The molecule has 0 radical (unpaired) electrons. The summed E-state index contributed by atoms with van der Waals surface area (Å²) in [6.45, 7) is 5.68. The van der Waals surface area contributed by atoms with Crippen LogP contribution in [0.1, 0.15) is 27.0 Å². The summed E-state index contributed by atoms with van der Waals surface area (Å²) < 4.78 is 46.4. The second kappa shape index (κ2) is 9.06. The van der Waals surface area contributed by atoms with Crippen LogP contribution in [0, 0.1) is 26.6 Å². The Bertz CT molecular complexity index is 1440. The molecule has 0 aliphatic rings. The van der Waals surface area contributed by atoms with Gasteiger partial charge in [-0.15, -0.1) is 0 Å². The van der Waals surface area contributed by atoms with Crippen LogP contribution in [0.4, 0.5) is 4.39 Å². The van der Waals surface area contributed by atoms with Gasteiger partial charge in [0.2, 0.25) is 5.88 Å². The summed E-state index contributed by atoms with van der Waals surface area (Å²) in [5.74, 6) is -0.922. The van der Waals surface area contributed by atoms with Gasteiger partial charge in [-0.1, -0.05) is 17.7 Å². The van der Waals surface area contributed by atoms with E-state index < -0.39 is 21.7 Å². The second-order valence-corrected chi connectivity index (χ2v) is 9.36. The van der Waals surface area contributed by atoms with Gasteiger partial charge in [0.25, 0.3) is 15.9 Å². The number of carbonyl (C=O) groups is 1. The van der Waals surface area contributed by atoms with Gasteiger partial charge in [0.1, 0.15) is 17.1 Å². The number of rotatable bonds is 6. The number of aryl methyl sites for hydroxylation is 3. The van der Waals surface area contributed by atoms with Crippen LogP contribution in [0.5, 0.6) is 11.6 Å². The summed E-state index contributed by atoms with van der Waals surface area (Å²) >= 11 is 0. The summed E-state index contributed by atoms with van der Waals surface area (Å²) in [5, 5.41) is 5.68. The number of carbonyl (C=O) groups excluding carboxylic acids is 1. The molecule has 2 heterocycles. The number of H-pyrrole nitrogens is 1. The Morgan fingerprint density at radius 2 is 1.68 bits per heavy atom. The SMILES string of the molecule is Cc1cc(C)c(Oc2nc(-c3ccc(F)cc3)ccc2C(=O)NS(=O)(=O)c2cc[nH]n2)c(C)c1. The lowest BCUT2D eigenvalue weighted by molar-refractivity contribution is 0.0978. The van der Waals surface area contributed by atoms with E-state index in [1.165, 1.54) is 36.5 Å². The molecule has 0 atom stereocenters. The van der Waals surface area contributed by atoms with Crippen molar-refractivity contribution in [1.82, 2.24) is 19.9 Å². The number of nitrogens with zero attached hydrogens (tertiary/aromatic N) is 2. The predicted octanol–water partition coefficient (Wildman–Crippen LogP) is 4.45. The Labute approximate surface area is 195 Å². The van der Waals surface area contributed by atoms with Gasteiger partial charge in [-0.05, 0) is 74.4 Å². The van der Waals surface area contributed by atoms with Crippen LogP contribution >= 0.6 is 0 Å². The molecule has 0 aliphatic heterocycles. The van der Waals surface area contributed by atoms with Crippen molar-refractivity contribution < 1.29 is 22.3 Å². The van der Waals surface area contributed by atoms with E-state index in [4.69, 9.17) is 4.74 Å². The number of halogens is 1. The summed E-state index contributed by atoms with van der Waals surface area (Å²) in [4.78, 5) is 17.4. The third kappa shape index (κ3) is 4.81. The maximum atomic E-state index is 13.4. The molecule has 8 nitrogen and oxygen atoms in total. The minimum atomic E-state index is -4.21. The first kappa shape index (κ1) is 23.1. The van der Waals surface area contributed by atoms with Crippen LogP contribution in [-0.2, 0) is 10.0 Å². The van der Waals surface area contributed by atoms with Gasteiger partial charge in [0, 0.05) is 11.8 Å².